The Labute approximate surface area is 148 Å². The van der Waals surface area contributed by atoms with Gasteiger partial charge < -0.3 is 8.97 Å². The Morgan fingerprint density at radius 2 is 2.17 bits per heavy atom. The number of pyridine rings is 1. The maximum atomic E-state index is 4.64. The predicted molar refractivity (Wildman–Crippen MR) is 98.5 cm³/mol. The highest BCUT2D eigenvalue weighted by atomic mass is 32.2. The van der Waals surface area contributed by atoms with Crippen LogP contribution >= 0.6 is 23.1 Å². The van der Waals surface area contributed by atoms with Crippen LogP contribution in [-0.2, 0) is 12.3 Å². The van der Waals surface area contributed by atoms with Crippen LogP contribution in [0.25, 0.3) is 17.0 Å². The fourth-order valence-corrected chi connectivity index (χ4v) is 4.22. The van der Waals surface area contributed by atoms with Crippen molar-refractivity contribution < 1.29 is 0 Å². The molecule has 0 amide bonds. The number of nitrogens with zero attached hydrogens (tertiary/aromatic N) is 5. The summed E-state index contributed by atoms with van der Waals surface area (Å²) in [5, 5.41) is 11.9. The molecular weight excluding hydrogens is 338 g/mol. The highest BCUT2D eigenvalue weighted by Crippen LogP contribution is 2.28. The Bertz CT molecular complexity index is 949. The van der Waals surface area contributed by atoms with E-state index in [1.807, 2.05) is 28.8 Å². The number of aryl methyl sites for hydroxylation is 1. The quantitative estimate of drug-likeness (QED) is 0.502. The lowest BCUT2D eigenvalue weighted by Gasteiger charge is -2.05. The van der Waals surface area contributed by atoms with Crippen LogP contribution in [-0.4, -0.2) is 24.1 Å². The van der Waals surface area contributed by atoms with Gasteiger partial charge in [-0.2, -0.15) is 0 Å². The molecule has 0 saturated carbocycles. The van der Waals surface area contributed by atoms with Gasteiger partial charge in [0.2, 0.25) is 0 Å². The van der Waals surface area contributed by atoms with Crippen molar-refractivity contribution in [2.75, 3.05) is 0 Å². The lowest BCUT2D eigenvalue weighted by atomic mass is 10.3. The van der Waals surface area contributed by atoms with Gasteiger partial charge in [-0.1, -0.05) is 17.8 Å². The van der Waals surface area contributed by atoms with E-state index in [2.05, 4.69) is 51.2 Å². The monoisotopic (exact) mass is 355 g/mol. The molecule has 0 unspecified atom stereocenters. The summed E-state index contributed by atoms with van der Waals surface area (Å²) < 4.78 is 4.21. The van der Waals surface area contributed by atoms with E-state index in [0.717, 1.165) is 40.2 Å². The molecule has 0 bridgehead atoms. The lowest BCUT2D eigenvalue weighted by molar-refractivity contribution is 0.687. The minimum atomic E-state index is 0.780. The van der Waals surface area contributed by atoms with Crippen LogP contribution in [0.15, 0.2) is 47.2 Å². The van der Waals surface area contributed by atoms with Gasteiger partial charge in [-0.15, -0.1) is 21.5 Å². The molecule has 24 heavy (non-hydrogen) atoms. The van der Waals surface area contributed by atoms with E-state index >= 15 is 0 Å². The first-order valence-corrected chi connectivity index (χ1v) is 9.65. The zero-order chi connectivity index (χ0) is 16.5. The number of rotatable bonds is 5. The van der Waals surface area contributed by atoms with E-state index < -0.39 is 0 Å². The Balaban J connectivity index is 1.57. The molecule has 0 radical (unpaired) electrons. The van der Waals surface area contributed by atoms with Crippen LogP contribution in [0.3, 0.4) is 0 Å². The summed E-state index contributed by atoms with van der Waals surface area (Å²) in [6.07, 6.45) is 4.08. The molecule has 4 aromatic heterocycles. The number of thiophene rings is 1. The van der Waals surface area contributed by atoms with Crippen LogP contribution in [0.1, 0.15) is 17.5 Å². The highest BCUT2D eigenvalue weighted by molar-refractivity contribution is 7.98. The number of imidazole rings is 1. The number of thioether (sulfide) groups is 1. The zero-order valence-electron chi connectivity index (χ0n) is 13.5. The van der Waals surface area contributed by atoms with Crippen LogP contribution in [0, 0.1) is 6.92 Å². The maximum Gasteiger partial charge on any atom is 0.191 e. The first kappa shape index (κ1) is 15.4. The van der Waals surface area contributed by atoms with Gasteiger partial charge in [0.1, 0.15) is 5.65 Å². The normalized spacial score (nSPS) is 11.4. The smallest absolute Gasteiger partial charge is 0.191 e. The molecule has 0 aliphatic rings. The zero-order valence-corrected chi connectivity index (χ0v) is 15.1. The van der Waals surface area contributed by atoms with Crippen LogP contribution in [0.5, 0.6) is 0 Å². The Morgan fingerprint density at radius 3 is 2.92 bits per heavy atom. The third-order valence-corrected chi connectivity index (χ3v) is 5.65. The van der Waals surface area contributed by atoms with Crippen LogP contribution in [0.4, 0.5) is 0 Å². The number of hydrogen-bond acceptors (Lipinski definition) is 5. The summed E-state index contributed by atoms with van der Waals surface area (Å²) in [7, 11) is 0. The fraction of sp³-hybridized carbons (Fsp3) is 0.235. The van der Waals surface area contributed by atoms with Crippen molar-refractivity contribution in [2.45, 2.75) is 31.3 Å². The van der Waals surface area contributed by atoms with E-state index in [9.17, 15) is 0 Å². The minimum Gasteiger partial charge on any atom is -0.307 e. The molecule has 0 fully saturated rings. The number of aromatic nitrogens is 5. The summed E-state index contributed by atoms with van der Waals surface area (Å²) in [5.41, 5.74) is 3.16. The first-order valence-electron chi connectivity index (χ1n) is 7.78. The molecule has 0 aliphatic carbocycles. The van der Waals surface area contributed by atoms with Gasteiger partial charge in [0, 0.05) is 40.5 Å². The van der Waals surface area contributed by atoms with Crippen molar-refractivity contribution in [3.8, 4) is 11.4 Å². The second-order valence-electron chi connectivity index (χ2n) is 5.48. The summed E-state index contributed by atoms with van der Waals surface area (Å²) in [6, 6.07) is 8.19. The molecular formula is C17H17N5S2. The standard InChI is InChI=1S/C17H17N5S2/c1-3-22-16(13-8-12(2)23-10-13)19-20-17(22)24-11-14-9-21-7-5-4-6-15(21)18-14/h4-10H,3,11H2,1-2H3. The molecule has 0 saturated heterocycles. The van der Waals surface area contributed by atoms with Crippen molar-refractivity contribution in [1.82, 2.24) is 24.1 Å². The molecule has 0 atom stereocenters. The highest BCUT2D eigenvalue weighted by Gasteiger charge is 2.14. The lowest BCUT2D eigenvalue weighted by Crippen LogP contribution is -1.99. The van der Waals surface area contributed by atoms with Gasteiger partial charge in [0.15, 0.2) is 11.0 Å². The Kier molecular flexibility index (Phi) is 4.12. The second-order valence-corrected chi connectivity index (χ2v) is 7.54. The average molecular weight is 355 g/mol. The average Bonchev–Trinajstić information content (AvgIpc) is 3.29. The van der Waals surface area contributed by atoms with Gasteiger partial charge in [-0.3, -0.25) is 0 Å². The van der Waals surface area contributed by atoms with E-state index in [-0.39, 0.29) is 0 Å². The minimum absolute atomic E-state index is 0.780. The number of hydrogen-bond donors (Lipinski definition) is 0. The van der Waals surface area contributed by atoms with Crippen LogP contribution < -0.4 is 0 Å². The van der Waals surface area contributed by atoms with Gasteiger partial charge in [0.25, 0.3) is 0 Å². The molecule has 5 nitrogen and oxygen atoms in total. The number of fused-ring (bicyclic) bond motifs is 1. The third-order valence-electron chi connectivity index (χ3n) is 3.78. The maximum absolute atomic E-state index is 4.64. The van der Waals surface area contributed by atoms with Crippen LogP contribution in [0.2, 0.25) is 0 Å². The summed E-state index contributed by atoms with van der Waals surface area (Å²) >= 11 is 3.42. The van der Waals surface area contributed by atoms with Crippen molar-refractivity contribution >= 4 is 28.7 Å². The second kappa shape index (κ2) is 6.41. The molecule has 0 N–H and O–H groups in total. The third kappa shape index (κ3) is 2.85. The molecule has 0 aliphatic heterocycles. The largest absolute Gasteiger partial charge is 0.307 e. The predicted octanol–water partition coefficient (Wildman–Crippen LogP) is 4.27. The van der Waals surface area contributed by atoms with E-state index in [0.29, 0.717) is 0 Å². The Hall–Kier alpha value is -2.12. The van der Waals surface area contributed by atoms with Crippen molar-refractivity contribution in [3.63, 3.8) is 0 Å². The molecule has 122 valence electrons. The van der Waals surface area contributed by atoms with E-state index in [4.69, 9.17) is 0 Å². The summed E-state index contributed by atoms with van der Waals surface area (Å²) in [4.78, 5) is 5.92. The molecule has 4 aromatic rings. The van der Waals surface area contributed by atoms with E-state index in [1.54, 1.807) is 23.1 Å². The SMILES string of the molecule is CCn1c(SCc2cn3ccccc3n2)nnc1-c1csc(C)c1. The summed E-state index contributed by atoms with van der Waals surface area (Å²) in [5.74, 6) is 1.72. The van der Waals surface area contributed by atoms with Gasteiger partial charge in [-0.25, -0.2) is 4.98 Å². The molecule has 4 heterocycles. The van der Waals surface area contributed by atoms with Gasteiger partial charge >= 0.3 is 0 Å². The van der Waals surface area contributed by atoms with Gasteiger partial charge in [-0.05, 0) is 32.0 Å². The van der Waals surface area contributed by atoms with E-state index in [1.165, 1.54) is 4.88 Å². The molecule has 0 aromatic carbocycles. The van der Waals surface area contributed by atoms with Crippen molar-refractivity contribution in [2.24, 2.45) is 0 Å². The molecule has 4 rings (SSSR count). The fourth-order valence-electron chi connectivity index (χ4n) is 2.65. The summed E-state index contributed by atoms with van der Waals surface area (Å²) in [6.45, 7) is 5.09. The first-order chi connectivity index (χ1) is 11.7. The van der Waals surface area contributed by atoms with Crippen molar-refractivity contribution in [1.29, 1.82) is 0 Å². The Morgan fingerprint density at radius 1 is 1.25 bits per heavy atom. The van der Waals surface area contributed by atoms with Gasteiger partial charge in [0.05, 0.1) is 5.69 Å². The molecule has 7 heteroatoms. The van der Waals surface area contributed by atoms with Crippen molar-refractivity contribution in [3.05, 3.63) is 52.6 Å². The topological polar surface area (TPSA) is 48.0 Å². The molecule has 0 spiro atoms.